The van der Waals surface area contributed by atoms with Crippen molar-refractivity contribution in [3.8, 4) is 11.5 Å². The highest BCUT2D eigenvalue weighted by atomic mass is 16.5. The van der Waals surface area contributed by atoms with Gasteiger partial charge in [-0.15, -0.1) is 0 Å². The number of amides is 1. The number of rotatable bonds is 5. The van der Waals surface area contributed by atoms with Crippen LogP contribution in [0.25, 0.3) is 11.0 Å². The number of carbonyl (C=O) groups is 1. The molecule has 0 fully saturated rings. The summed E-state index contributed by atoms with van der Waals surface area (Å²) in [6.07, 6.45) is 0. The Morgan fingerprint density at radius 1 is 1.12 bits per heavy atom. The zero-order valence-electron chi connectivity index (χ0n) is 13.9. The molecular formula is C19H17NO5. The lowest BCUT2D eigenvalue weighted by molar-refractivity contribution is 0.102. The van der Waals surface area contributed by atoms with Crippen LogP contribution in [0, 0.1) is 0 Å². The Balaban J connectivity index is 1.90. The van der Waals surface area contributed by atoms with Gasteiger partial charge in [-0.1, -0.05) is 18.2 Å². The predicted molar refractivity (Wildman–Crippen MR) is 94.6 cm³/mol. The van der Waals surface area contributed by atoms with Crippen LogP contribution in [0.3, 0.4) is 0 Å². The van der Waals surface area contributed by atoms with Crippen molar-refractivity contribution >= 4 is 22.6 Å². The maximum Gasteiger partial charge on any atom is 0.349 e. The van der Waals surface area contributed by atoms with E-state index in [4.69, 9.17) is 13.9 Å². The Morgan fingerprint density at radius 3 is 2.68 bits per heavy atom. The zero-order valence-corrected chi connectivity index (χ0v) is 13.9. The van der Waals surface area contributed by atoms with Gasteiger partial charge in [0, 0.05) is 17.1 Å². The maximum atomic E-state index is 12.4. The topological polar surface area (TPSA) is 77.8 Å². The van der Waals surface area contributed by atoms with Gasteiger partial charge in [0.15, 0.2) is 11.5 Å². The average Bonchev–Trinajstić information content (AvgIpc) is 2.62. The van der Waals surface area contributed by atoms with Gasteiger partial charge in [-0.05, 0) is 31.2 Å². The highest BCUT2D eigenvalue weighted by Crippen LogP contribution is 2.30. The minimum atomic E-state index is -0.686. The molecule has 0 spiro atoms. The number of para-hydroxylation sites is 1. The molecule has 0 saturated carbocycles. The number of carbonyl (C=O) groups excluding carboxylic acids is 1. The molecule has 0 unspecified atom stereocenters. The first-order valence-electron chi connectivity index (χ1n) is 7.77. The van der Waals surface area contributed by atoms with Gasteiger partial charge in [-0.2, -0.15) is 0 Å². The van der Waals surface area contributed by atoms with Crippen LogP contribution >= 0.6 is 0 Å². The Labute approximate surface area is 144 Å². The summed E-state index contributed by atoms with van der Waals surface area (Å²) in [6, 6.07) is 13.5. The number of anilines is 1. The Hall–Kier alpha value is -3.28. The van der Waals surface area contributed by atoms with E-state index in [1.165, 1.54) is 13.2 Å². The molecular weight excluding hydrogens is 322 g/mol. The van der Waals surface area contributed by atoms with Crippen molar-refractivity contribution in [1.29, 1.82) is 0 Å². The maximum absolute atomic E-state index is 12.4. The van der Waals surface area contributed by atoms with E-state index in [9.17, 15) is 9.59 Å². The van der Waals surface area contributed by atoms with Crippen LogP contribution in [0.4, 0.5) is 5.69 Å². The highest BCUT2D eigenvalue weighted by Gasteiger charge is 2.15. The lowest BCUT2D eigenvalue weighted by Gasteiger charge is -2.11. The standard InChI is InChI=1S/C19H17NO5/c1-3-24-16-9-8-13(11-17(16)23-2)20-18(21)14-10-12-6-4-5-7-15(12)25-19(14)22/h4-11H,3H2,1-2H3,(H,20,21). The van der Waals surface area contributed by atoms with Crippen molar-refractivity contribution in [3.05, 3.63) is 64.5 Å². The summed E-state index contributed by atoms with van der Waals surface area (Å²) >= 11 is 0. The molecule has 3 aromatic rings. The molecule has 128 valence electrons. The van der Waals surface area contributed by atoms with Crippen molar-refractivity contribution in [2.75, 3.05) is 19.0 Å². The van der Waals surface area contributed by atoms with Crippen molar-refractivity contribution in [1.82, 2.24) is 0 Å². The SMILES string of the molecule is CCOc1ccc(NC(=O)c2cc3ccccc3oc2=O)cc1OC. The smallest absolute Gasteiger partial charge is 0.349 e. The average molecular weight is 339 g/mol. The van der Waals surface area contributed by atoms with Gasteiger partial charge in [0.2, 0.25) is 0 Å². The molecule has 1 heterocycles. The molecule has 1 aromatic heterocycles. The summed E-state index contributed by atoms with van der Waals surface area (Å²) < 4.78 is 15.9. The van der Waals surface area contributed by atoms with Gasteiger partial charge in [0.1, 0.15) is 11.1 Å². The summed E-state index contributed by atoms with van der Waals surface area (Å²) in [5.41, 5.74) is 0.172. The second-order valence-corrected chi connectivity index (χ2v) is 5.24. The Bertz CT molecular complexity index is 977. The summed E-state index contributed by atoms with van der Waals surface area (Å²) in [6.45, 7) is 2.37. The van der Waals surface area contributed by atoms with Crippen LogP contribution in [0.1, 0.15) is 17.3 Å². The van der Waals surface area contributed by atoms with Crippen LogP contribution < -0.4 is 20.4 Å². The van der Waals surface area contributed by atoms with Gasteiger partial charge in [-0.25, -0.2) is 4.79 Å². The minimum absolute atomic E-state index is 0.0634. The van der Waals surface area contributed by atoms with Crippen LogP contribution in [0.15, 0.2) is 57.7 Å². The van der Waals surface area contributed by atoms with Crippen LogP contribution in [0.5, 0.6) is 11.5 Å². The number of ether oxygens (including phenoxy) is 2. The lowest BCUT2D eigenvalue weighted by atomic mass is 10.1. The predicted octanol–water partition coefficient (Wildman–Crippen LogP) is 3.45. The third kappa shape index (κ3) is 3.47. The number of nitrogens with one attached hydrogen (secondary N) is 1. The quantitative estimate of drug-likeness (QED) is 0.720. The molecule has 0 aliphatic heterocycles. The molecule has 6 heteroatoms. The van der Waals surface area contributed by atoms with E-state index in [2.05, 4.69) is 5.32 Å². The number of hydrogen-bond donors (Lipinski definition) is 1. The molecule has 0 radical (unpaired) electrons. The molecule has 6 nitrogen and oxygen atoms in total. The van der Waals surface area contributed by atoms with Crippen molar-refractivity contribution in [2.45, 2.75) is 6.92 Å². The van der Waals surface area contributed by atoms with Crippen molar-refractivity contribution in [3.63, 3.8) is 0 Å². The number of benzene rings is 2. The zero-order chi connectivity index (χ0) is 17.8. The van der Waals surface area contributed by atoms with Gasteiger partial charge in [-0.3, -0.25) is 4.79 Å². The fourth-order valence-electron chi connectivity index (χ4n) is 2.44. The minimum Gasteiger partial charge on any atom is -0.493 e. The fraction of sp³-hybridized carbons (Fsp3) is 0.158. The summed E-state index contributed by atoms with van der Waals surface area (Å²) in [7, 11) is 1.52. The van der Waals surface area contributed by atoms with E-state index < -0.39 is 11.5 Å². The van der Waals surface area contributed by atoms with Gasteiger partial charge >= 0.3 is 5.63 Å². The summed E-state index contributed by atoms with van der Waals surface area (Å²) in [4.78, 5) is 24.5. The van der Waals surface area contributed by atoms with E-state index in [1.807, 2.05) is 6.92 Å². The normalized spacial score (nSPS) is 10.5. The van der Waals surface area contributed by atoms with Gasteiger partial charge < -0.3 is 19.2 Å². The summed E-state index contributed by atoms with van der Waals surface area (Å²) in [5, 5.41) is 3.35. The molecule has 1 amide bonds. The molecule has 25 heavy (non-hydrogen) atoms. The van der Waals surface area contributed by atoms with E-state index in [-0.39, 0.29) is 5.56 Å². The fourth-order valence-corrected chi connectivity index (χ4v) is 2.44. The molecule has 0 aliphatic rings. The van der Waals surface area contributed by atoms with Crippen molar-refractivity contribution in [2.24, 2.45) is 0 Å². The van der Waals surface area contributed by atoms with Crippen molar-refractivity contribution < 1.29 is 18.7 Å². The second kappa shape index (κ2) is 7.09. The number of fused-ring (bicyclic) bond motifs is 1. The Kier molecular flexibility index (Phi) is 4.70. The van der Waals surface area contributed by atoms with Crippen LogP contribution in [-0.2, 0) is 0 Å². The summed E-state index contributed by atoms with van der Waals surface area (Å²) in [5.74, 6) is 0.518. The number of hydrogen-bond acceptors (Lipinski definition) is 5. The van der Waals surface area contributed by atoms with Gasteiger partial charge in [0.25, 0.3) is 5.91 Å². The van der Waals surface area contributed by atoms with Gasteiger partial charge in [0.05, 0.1) is 13.7 Å². The van der Waals surface area contributed by atoms with E-state index >= 15 is 0 Å². The first-order chi connectivity index (χ1) is 12.1. The second-order valence-electron chi connectivity index (χ2n) is 5.24. The molecule has 0 saturated heterocycles. The van der Waals surface area contributed by atoms with E-state index in [0.717, 1.165) is 0 Å². The molecule has 2 aromatic carbocycles. The first-order valence-corrected chi connectivity index (χ1v) is 7.77. The Morgan fingerprint density at radius 2 is 1.92 bits per heavy atom. The van der Waals surface area contributed by atoms with Crippen LogP contribution in [0.2, 0.25) is 0 Å². The van der Waals surface area contributed by atoms with E-state index in [1.54, 1.807) is 42.5 Å². The molecule has 0 aliphatic carbocycles. The molecule has 0 bridgehead atoms. The first kappa shape index (κ1) is 16.6. The number of methoxy groups -OCH3 is 1. The lowest BCUT2D eigenvalue weighted by Crippen LogP contribution is -2.20. The largest absolute Gasteiger partial charge is 0.493 e. The monoisotopic (exact) mass is 339 g/mol. The highest BCUT2D eigenvalue weighted by molar-refractivity contribution is 6.05. The molecule has 3 rings (SSSR count). The van der Waals surface area contributed by atoms with E-state index in [0.29, 0.717) is 34.8 Å². The van der Waals surface area contributed by atoms with Crippen LogP contribution in [-0.4, -0.2) is 19.6 Å². The third-order valence-electron chi connectivity index (χ3n) is 3.61. The molecule has 1 N–H and O–H groups in total. The molecule has 0 atom stereocenters. The third-order valence-corrected chi connectivity index (χ3v) is 3.61.